The molecule has 1 N–H and O–H groups in total. The van der Waals surface area contributed by atoms with Gasteiger partial charge in [-0.05, 0) is 56.0 Å². The van der Waals surface area contributed by atoms with E-state index in [0.717, 1.165) is 11.3 Å². The van der Waals surface area contributed by atoms with Crippen LogP contribution < -0.4 is 15.0 Å². The number of carbonyl (C=O) groups is 1. The van der Waals surface area contributed by atoms with Gasteiger partial charge in [-0.1, -0.05) is 12.1 Å². The summed E-state index contributed by atoms with van der Waals surface area (Å²) in [5, 5.41) is 13.7. The summed E-state index contributed by atoms with van der Waals surface area (Å²) in [5.74, 6) is -0.0793. The third-order valence-electron chi connectivity index (χ3n) is 5.57. The molecule has 1 saturated heterocycles. The number of halogens is 3. The van der Waals surface area contributed by atoms with Gasteiger partial charge >= 0.3 is 6.18 Å². The van der Waals surface area contributed by atoms with E-state index in [1.54, 1.807) is 6.07 Å². The number of fused-ring (bicyclic) bond motifs is 1. The monoisotopic (exact) mass is 462 g/mol. The second-order valence-electron chi connectivity index (χ2n) is 8.05. The van der Waals surface area contributed by atoms with Gasteiger partial charge < -0.3 is 15.0 Å². The lowest BCUT2D eigenvalue weighted by atomic mass is 9.96. The second kappa shape index (κ2) is 9.63. The van der Waals surface area contributed by atoms with E-state index < -0.39 is 12.0 Å². The van der Waals surface area contributed by atoms with Crippen LogP contribution in [0.4, 0.5) is 19.0 Å². The molecule has 1 amide bonds. The molecule has 1 fully saturated rings. The highest BCUT2D eigenvalue weighted by molar-refractivity contribution is 5.78. The highest BCUT2D eigenvalue weighted by Gasteiger charge is 2.38. The number of carbonyl (C=O) groups excluding carboxylic acids is 1. The van der Waals surface area contributed by atoms with E-state index in [1.165, 1.54) is 6.07 Å². The number of alkyl halides is 3. The van der Waals surface area contributed by atoms with E-state index in [2.05, 4.69) is 20.6 Å². The van der Waals surface area contributed by atoms with Crippen LogP contribution in [0.1, 0.15) is 30.7 Å². The lowest BCUT2D eigenvalue weighted by molar-refractivity contribution is -0.146. The Kier molecular flexibility index (Phi) is 6.66. The molecule has 0 spiro atoms. The van der Waals surface area contributed by atoms with Crippen LogP contribution in [0.3, 0.4) is 0 Å². The maximum Gasteiger partial charge on any atom is 0.453 e. The van der Waals surface area contributed by atoms with E-state index in [0.29, 0.717) is 55.8 Å². The van der Waals surface area contributed by atoms with Gasteiger partial charge in [0.2, 0.25) is 5.91 Å². The molecule has 0 bridgehead atoms. The van der Waals surface area contributed by atoms with E-state index in [1.807, 2.05) is 36.1 Å². The van der Waals surface area contributed by atoms with Crippen molar-refractivity contribution in [3.8, 4) is 5.75 Å². The molecule has 3 aromatic rings. The first-order valence-corrected chi connectivity index (χ1v) is 10.8. The Bertz CT molecular complexity index is 1110. The molecule has 0 atom stereocenters. The van der Waals surface area contributed by atoms with Crippen LogP contribution in [0.2, 0.25) is 0 Å². The molecule has 4 rings (SSSR count). The molecule has 0 aliphatic carbocycles. The van der Waals surface area contributed by atoms with Crippen molar-refractivity contribution in [2.24, 2.45) is 5.92 Å². The van der Waals surface area contributed by atoms with Crippen LogP contribution in [0, 0.1) is 12.8 Å². The SMILES string of the molecule is Cc1cccc(OCCCNC(=O)C2CCN(c3ccc4nnc(C(F)(F)F)n4n3)CC2)c1. The normalized spacial score (nSPS) is 15.1. The molecule has 11 heteroatoms. The third kappa shape index (κ3) is 5.52. The molecule has 3 heterocycles. The van der Waals surface area contributed by atoms with Crippen molar-refractivity contribution in [2.45, 2.75) is 32.4 Å². The predicted octanol–water partition coefficient (Wildman–Crippen LogP) is 3.25. The number of hydrogen-bond acceptors (Lipinski definition) is 6. The first-order valence-electron chi connectivity index (χ1n) is 10.8. The summed E-state index contributed by atoms with van der Waals surface area (Å²) in [6.07, 6.45) is -2.75. The Hall–Kier alpha value is -3.37. The Balaban J connectivity index is 1.23. The number of piperidine rings is 1. The molecule has 176 valence electrons. The summed E-state index contributed by atoms with van der Waals surface area (Å²) in [6, 6.07) is 10.9. The standard InChI is InChI=1S/C22H25F3N6O2/c1-15-4-2-5-17(14-15)33-13-3-10-26-20(32)16-8-11-30(12-9-16)19-7-6-18-27-28-21(22(23,24)25)31(18)29-19/h2,4-7,14,16H,3,8-13H2,1H3,(H,26,32). The molecular formula is C22H25F3N6O2. The van der Waals surface area contributed by atoms with Gasteiger partial charge in [0, 0.05) is 25.6 Å². The third-order valence-corrected chi connectivity index (χ3v) is 5.57. The number of benzene rings is 1. The Morgan fingerprint density at radius 3 is 2.70 bits per heavy atom. The molecule has 1 aromatic carbocycles. The number of aromatic nitrogens is 4. The van der Waals surface area contributed by atoms with Crippen molar-refractivity contribution in [2.75, 3.05) is 31.1 Å². The Morgan fingerprint density at radius 1 is 1.18 bits per heavy atom. The second-order valence-corrected chi connectivity index (χ2v) is 8.05. The van der Waals surface area contributed by atoms with Crippen LogP contribution in [-0.4, -0.2) is 52.0 Å². The highest BCUT2D eigenvalue weighted by Crippen LogP contribution is 2.28. The van der Waals surface area contributed by atoms with Crippen LogP contribution in [0.5, 0.6) is 5.75 Å². The summed E-state index contributed by atoms with van der Waals surface area (Å²) in [7, 11) is 0. The zero-order valence-corrected chi connectivity index (χ0v) is 18.2. The van der Waals surface area contributed by atoms with Crippen LogP contribution in [-0.2, 0) is 11.0 Å². The molecule has 0 unspecified atom stereocenters. The first kappa shape index (κ1) is 22.8. The van der Waals surface area contributed by atoms with Crippen molar-refractivity contribution < 1.29 is 22.7 Å². The molecule has 0 saturated carbocycles. The fourth-order valence-corrected chi connectivity index (χ4v) is 3.82. The van der Waals surface area contributed by atoms with Crippen molar-refractivity contribution in [3.63, 3.8) is 0 Å². The largest absolute Gasteiger partial charge is 0.494 e. The fraction of sp³-hybridized carbons (Fsp3) is 0.455. The molecule has 1 aliphatic rings. The molecule has 8 nitrogen and oxygen atoms in total. The number of ether oxygens (including phenoxy) is 1. The number of rotatable bonds is 7. The zero-order valence-electron chi connectivity index (χ0n) is 18.2. The maximum atomic E-state index is 13.1. The summed E-state index contributed by atoms with van der Waals surface area (Å²) < 4.78 is 45.7. The van der Waals surface area contributed by atoms with E-state index in [-0.39, 0.29) is 17.5 Å². The highest BCUT2D eigenvalue weighted by atomic mass is 19.4. The van der Waals surface area contributed by atoms with Crippen molar-refractivity contribution in [3.05, 3.63) is 47.8 Å². The van der Waals surface area contributed by atoms with Gasteiger partial charge in [-0.3, -0.25) is 4.79 Å². The van der Waals surface area contributed by atoms with Crippen LogP contribution in [0.15, 0.2) is 36.4 Å². The van der Waals surface area contributed by atoms with E-state index >= 15 is 0 Å². The summed E-state index contributed by atoms with van der Waals surface area (Å²) in [4.78, 5) is 14.4. The summed E-state index contributed by atoms with van der Waals surface area (Å²) in [5.41, 5.74) is 1.16. The minimum absolute atomic E-state index is 0.00761. The van der Waals surface area contributed by atoms with Crippen molar-refractivity contribution in [1.82, 2.24) is 25.1 Å². The van der Waals surface area contributed by atoms with Gasteiger partial charge in [0.15, 0.2) is 5.65 Å². The lowest BCUT2D eigenvalue weighted by Crippen LogP contribution is -2.41. The number of aryl methyl sites for hydroxylation is 1. The van der Waals surface area contributed by atoms with Gasteiger partial charge in [-0.2, -0.15) is 17.7 Å². The van der Waals surface area contributed by atoms with Crippen LogP contribution >= 0.6 is 0 Å². The predicted molar refractivity (Wildman–Crippen MR) is 115 cm³/mol. The average molecular weight is 462 g/mol. The number of hydrogen-bond donors (Lipinski definition) is 1. The molecule has 2 aromatic heterocycles. The number of nitrogens with zero attached hydrogens (tertiary/aromatic N) is 5. The molecule has 1 aliphatic heterocycles. The first-order chi connectivity index (χ1) is 15.8. The fourth-order valence-electron chi connectivity index (χ4n) is 3.82. The minimum Gasteiger partial charge on any atom is -0.494 e. The minimum atomic E-state index is -4.64. The Labute approximate surface area is 188 Å². The van der Waals surface area contributed by atoms with Gasteiger partial charge in [0.1, 0.15) is 11.6 Å². The number of amides is 1. The summed E-state index contributed by atoms with van der Waals surface area (Å²) >= 11 is 0. The van der Waals surface area contributed by atoms with Crippen LogP contribution in [0.25, 0.3) is 5.65 Å². The van der Waals surface area contributed by atoms with E-state index in [9.17, 15) is 18.0 Å². The van der Waals surface area contributed by atoms with Gasteiger partial charge in [-0.25, -0.2) is 0 Å². The van der Waals surface area contributed by atoms with E-state index in [4.69, 9.17) is 4.74 Å². The summed E-state index contributed by atoms with van der Waals surface area (Å²) in [6.45, 7) is 4.09. The molecule has 33 heavy (non-hydrogen) atoms. The van der Waals surface area contributed by atoms with Gasteiger partial charge in [0.05, 0.1) is 6.61 Å². The lowest BCUT2D eigenvalue weighted by Gasteiger charge is -2.32. The number of nitrogens with one attached hydrogen (secondary N) is 1. The topological polar surface area (TPSA) is 84.6 Å². The quantitative estimate of drug-likeness (QED) is 0.543. The number of anilines is 1. The zero-order chi connectivity index (χ0) is 23.4. The van der Waals surface area contributed by atoms with Gasteiger partial charge in [0.25, 0.3) is 5.82 Å². The van der Waals surface area contributed by atoms with Crippen molar-refractivity contribution >= 4 is 17.4 Å². The van der Waals surface area contributed by atoms with Crippen molar-refractivity contribution in [1.29, 1.82) is 0 Å². The smallest absolute Gasteiger partial charge is 0.453 e. The maximum absolute atomic E-state index is 13.1. The average Bonchev–Trinajstić information content (AvgIpc) is 3.23. The Morgan fingerprint density at radius 2 is 1.97 bits per heavy atom. The van der Waals surface area contributed by atoms with Gasteiger partial charge in [-0.15, -0.1) is 15.3 Å². The molecular weight excluding hydrogens is 437 g/mol. The molecule has 0 radical (unpaired) electrons.